The molecule has 0 fully saturated rings. The molecular weight excluding hydrogens is 195 g/mol. The maximum absolute atomic E-state index is 12.9. The zero-order chi connectivity index (χ0) is 11.3. The van der Waals surface area contributed by atoms with Crippen molar-refractivity contribution in [2.45, 2.75) is 19.4 Å². The number of hydrogen-bond acceptors (Lipinski definition) is 2. The fourth-order valence-corrected chi connectivity index (χ4v) is 1.23. The lowest BCUT2D eigenvalue weighted by Gasteiger charge is -2.12. The van der Waals surface area contributed by atoms with Crippen LogP contribution in [0.15, 0.2) is 30.9 Å². The molecule has 1 aromatic rings. The van der Waals surface area contributed by atoms with E-state index in [1.807, 2.05) is 0 Å². The van der Waals surface area contributed by atoms with Crippen molar-refractivity contribution in [2.75, 3.05) is 6.61 Å². The Hall–Kier alpha value is -1.35. The van der Waals surface area contributed by atoms with Gasteiger partial charge in [-0.1, -0.05) is 6.08 Å². The molecule has 0 radical (unpaired) electrons. The predicted octanol–water partition coefficient (Wildman–Crippen LogP) is 2.83. The summed E-state index contributed by atoms with van der Waals surface area (Å²) >= 11 is 0. The van der Waals surface area contributed by atoms with Crippen molar-refractivity contribution in [2.24, 2.45) is 0 Å². The summed E-state index contributed by atoms with van der Waals surface area (Å²) in [6.45, 7) is 5.62. The minimum atomic E-state index is -0.663. The molecule has 0 bridgehead atoms. The zero-order valence-electron chi connectivity index (χ0n) is 8.74. The molecule has 3 heteroatoms. The summed E-state index contributed by atoms with van der Waals surface area (Å²) in [5.74, 6) is 0.0276. The summed E-state index contributed by atoms with van der Waals surface area (Å²) < 4.78 is 18.3. The maximum atomic E-state index is 12.9. The highest BCUT2D eigenvalue weighted by atomic mass is 19.1. The summed E-state index contributed by atoms with van der Waals surface area (Å²) in [6, 6.07) is 4.12. The Balaban J connectivity index is 2.82. The zero-order valence-corrected chi connectivity index (χ0v) is 8.74. The van der Waals surface area contributed by atoms with Gasteiger partial charge in [-0.2, -0.15) is 0 Å². The molecule has 1 N–H and O–H groups in total. The first-order valence-electron chi connectivity index (χ1n) is 4.86. The third-order valence-electron chi connectivity index (χ3n) is 2.01. The van der Waals surface area contributed by atoms with Gasteiger partial charge in [-0.05, 0) is 25.5 Å². The van der Waals surface area contributed by atoms with Crippen molar-refractivity contribution in [3.8, 4) is 5.75 Å². The van der Waals surface area contributed by atoms with Gasteiger partial charge in [0.2, 0.25) is 0 Å². The van der Waals surface area contributed by atoms with Crippen molar-refractivity contribution >= 4 is 0 Å². The number of benzene rings is 1. The van der Waals surface area contributed by atoms with Crippen molar-refractivity contribution in [3.05, 3.63) is 42.2 Å². The van der Waals surface area contributed by atoms with Gasteiger partial charge in [0.25, 0.3) is 0 Å². The number of aliphatic hydroxyl groups is 1. The summed E-state index contributed by atoms with van der Waals surface area (Å²) in [6.07, 6.45) is 1.75. The van der Waals surface area contributed by atoms with E-state index in [4.69, 9.17) is 4.74 Å². The van der Waals surface area contributed by atoms with Crippen molar-refractivity contribution in [3.63, 3.8) is 0 Å². The second-order valence-electron chi connectivity index (χ2n) is 3.28. The first-order valence-corrected chi connectivity index (χ1v) is 4.86. The second-order valence-corrected chi connectivity index (χ2v) is 3.28. The van der Waals surface area contributed by atoms with Crippen molar-refractivity contribution < 1.29 is 14.2 Å². The molecule has 0 amide bonds. The molecule has 1 aromatic carbocycles. The van der Waals surface area contributed by atoms with Crippen LogP contribution in [0.25, 0.3) is 0 Å². The SMILES string of the molecule is C=CCCOc1cc(F)ccc1[C@@H](C)O. The van der Waals surface area contributed by atoms with Gasteiger partial charge in [-0.25, -0.2) is 4.39 Å². The van der Waals surface area contributed by atoms with E-state index in [1.165, 1.54) is 18.2 Å². The Kier molecular flexibility index (Phi) is 4.31. The molecule has 2 nitrogen and oxygen atoms in total. The molecule has 82 valence electrons. The average molecular weight is 210 g/mol. The fraction of sp³-hybridized carbons (Fsp3) is 0.333. The minimum absolute atomic E-state index is 0.368. The Bertz CT molecular complexity index is 334. The first kappa shape index (κ1) is 11.7. The highest BCUT2D eigenvalue weighted by Gasteiger charge is 2.09. The molecule has 15 heavy (non-hydrogen) atoms. The van der Waals surface area contributed by atoms with E-state index in [9.17, 15) is 9.50 Å². The molecule has 0 aliphatic carbocycles. The van der Waals surface area contributed by atoms with E-state index in [1.54, 1.807) is 13.0 Å². The molecule has 0 spiro atoms. The number of aliphatic hydroxyl groups excluding tert-OH is 1. The second kappa shape index (κ2) is 5.51. The maximum Gasteiger partial charge on any atom is 0.128 e. The summed E-state index contributed by atoms with van der Waals surface area (Å²) in [5.41, 5.74) is 0.598. The molecule has 0 saturated carbocycles. The number of halogens is 1. The molecule has 0 aromatic heterocycles. The lowest BCUT2D eigenvalue weighted by molar-refractivity contribution is 0.191. The van der Waals surface area contributed by atoms with E-state index in [0.717, 1.165) is 0 Å². The lowest BCUT2D eigenvalue weighted by atomic mass is 10.1. The lowest BCUT2D eigenvalue weighted by Crippen LogP contribution is -2.02. The average Bonchev–Trinajstić information content (AvgIpc) is 2.18. The highest BCUT2D eigenvalue weighted by Crippen LogP contribution is 2.26. The van der Waals surface area contributed by atoms with Gasteiger partial charge in [0.15, 0.2) is 0 Å². The Morgan fingerprint density at radius 3 is 2.93 bits per heavy atom. The third kappa shape index (κ3) is 3.36. The van der Waals surface area contributed by atoms with Gasteiger partial charge in [0.05, 0.1) is 12.7 Å². The van der Waals surface area contributed by atoms with E-state index in [-0.39, 0.29) is 5.82 Å². The van der Waals surface area contributed by atoms with Gasteiger partial charge in [0.1, 0.15) is 11.6 Å². The fourth-order valence-electron chi connectivity index (χ4n) is 1.23. The molecule has 0 saturated heterocycles. The molecular formula is C12H15FO2. The van der Waals surface area contributed by atoms with Crippen LogP contribution in [0.4, 0.5) is 4.39 Å². The largest absolute Gasteiger partial charge is 0.493 e. The molecule has 0 heterocycles. The quantitative estimate of drug-likeness (QED) is 0.598. The van der Waals surface area contributed by atoms with Crippen LogP contribution in [-0.4, -0.2) is 11.7 Å². The van der Waals surface area contributed by atoms with Crippen LogP contribution in [0.1, 0.15) is 25.0 Å². The van der Waals surface area contributed by atoms with Gasteiger partial charge in [0, 0.05) is 11.6 Å². The topological polar surface area (TPSA) is 29.5 Å². The Morgan fingerprint density at radius 2 is 2.33 bits per heavy atom. The molecule has 0 aliphatic heterocycles. The third-order valence-corrected chi connectivity index (χ3v) is 2.01. The molecule has 0 unspecified atom stereocenters. The van der Waals surface area contributed by atoms with Crippen LogP contribution in [0.5, 0.6) is 5.75 Å². The van der Waals surface area contributed by atoms with E-state index in [0.29, 0.717) is 24.3 Å². The van der Waals surface area contributed by atoms with Crippen molar-refractivity contribution in [1.29, 1.82) is 0 Å². The minimum Gasteiger partial charge on any atom is -0.493 e. The van der Waals surface area contributed by atoms with Crippen LogP contribution in [0.2, 0.25) is 0 Å². The van der Waals surface area contributed by atoms with E-state index >= 15 is 0 Å². The molecule has 1 rings (SSSR count). The Morgan fingerprint density at radius 1 is 1.60 bits per heavy atom. The first-order chi connectivity index (χ1) is 7.15. The number of ether oxygens (including phenoxy) is 1. The monoisotopic (exact) mass is 210 g/mol. The van der Waals surface area contributed by atoms with Gasteiger partial charge in [-0.3, -0.25) is 0 Å². The van der Waals surface area contributed by atoms with Gasteiger partial charge >= 0.3 is 0 Å². The summed E-state index contributed by atoms with van der Waals surface area (Å²) in [7, 11) is 0. The van der Waals surface area contributed by atoms with Crippen molar-refractivity contribution in [1.82, 2.24) is 0 Å². The number of rotatable bonds is 5. The summed E-state index contributed by atoms with van der Waals surface area (Å²) in [5, 5.41) is 9.43. The standard InChI is InChI=1S/C12H15FO2/c1-3-4-7-15-12-8-10(13)5-6-11(12)9(2)14/h3,5-6,8-9,14H,1,4,7H2,2H3/t9-/m1/s1. The smallest absolute Gasteiger partial charge is 0.128 e. The van der Waals surface area contributed by atoms with E-state index in [2.05, 4.69) is 6.58 Å². The Labute approximate surface area is 89.0 Å². The normalized spacial score (nSPS) is 12.2. The number of hydrogen-bond donors (Lipinski definition) is 1. The highest BCUT2D eigenvalue weighted by molar-refractivity contribution is 5.35. The van der Waals surface area contributed by atoms with Crippen LogP contribution in [0.3, 0.4) is 0 Å². The van der Waals surface area contributed by atoms with Gasteiger partial charge < -0.3 is 9.84 Å². The van der Waals surface area contributed by atoms with Gasteiger partial charge in [-0.15, -0.1) is 6.58 Å². The van der Waals surface area contributed by atoms with Crippen LogP contribution in [0, 0.1) is 5.82 Å². The molecule has 1 atom stereocenters. The van der Waals surface area contributed by atoms with Crippen LogP contribution >= 0.6 is 0 Å². The van der Waals surface area contributed by atoms with Crippen LogP contribution in [-0.2, 0) is 0 Å². The van der Waals surface area contributed by atoms with Crippen LogP contribution < -0.4 is 4.74 Å². The molecule has 0 aliphatic rings. The predicted molar refractivity (Wildman–Crippen MR) is 57.3 cm³/mol. The van der Waals surface area contributed by atoms with E-state index < -0.39 is 6.10 Å². The summed E-state index contributed by atoms with van der Waals surface area (Å²) in [4.78, 5) is 0.